The van der Waals surface area contributed by atoms with Crippen LogP contribution < -0.4 is 0 Å². The first-order valence-electron chi connectivity index (χ1n) is 4.57. The van der Waals surface area contributed by atoms with E-state index >= 15 is 0 Å². The Balaban J connectivity index is 3.03. The van der Waals surface area contributed by atoms with Crippen LogP contribution in [0.2, 0.25) is 0 Å². The van der Waals surface area contributed by atoms with Gasteiger partial charge in [0.25, 0.3) is 0 Å². The van der Waals surface area contributed by atoms with Gasteiger partial charge in [0, 0.05) is 13.2 Å². The fraction of sp³-hybridized carbons (Fsp3) is 0.800. The SMILES string of the molecule is CCOC/C=C/COCC(C)C. The summed E-state index contributed by atoms with van der Waals surface area (Å²) >= 11 is 0. The summed E-state index contributed by atoms with van der Waals surface area (Å²) in [7, 11) is 0. The van der Waals surface area contributed by atoms with Gasteiger partial charge in [-0.2, -0.15) is 0 Å². The van der Waals surface area contributed by atoms with Gasteiger partial charge in [0.05, 0.1) is 13.2 Å². The predicted molar refractivity (Wildman–Crippen MR) is 51.3 cm³/mol. The van der Waals surface area contributed by atoms with Gasteiger partial charge in [0.15, 0.2) is 0 Å². The maximum atomic E-state index is 5.33. The molecule has 0 atom stereocenters. The van der Waals surface area contributed by atoms with E-state index in [0.29, 0.717) is 19.1 Å². The van der Waals surface area contributed by atoms with Crippen LogP contribution in [0.1, 0.15) is 20.8 Å². The molecular weight excluding hydrogens is 152 g/mol. The molecule has 0 aliphatic heterocycles. The minimum absolute atomic E-state index is 0.616. The molecular formula is C10H20O2. The van der Waals surface area contributed by atoms with Gasteiger partial charge in [0.2, 0.25) is 0 Å². The van der Waals surface area contributed by atoms with E-state index in [1.807, 2.05) is 19.1 Å². The van der Waals surface area contributed by atoms with Gasteiger partial charge in [-0.3, -0.25) is 0 Å². The molecule has 0 heterocycles. The van der Waals surface area contributed by atoms with Gasteiger partial charge in [-0.1, -0.05) is 26.0 Å². The largest absolute Gasteiger partial charge is 0.378 e. The minimum Gasteiger partial charge on any atom is -0.378 e. The highest BCUT2D eigenvalue weighted by Gasteiger charge is 1.90. The molecule has 0 amide bonds. The van der Waals surface area contributed by atoms with E-state index in [9.17, 15) is 0 Å². The molecule has 0 radical (unpaired) electrons. The van der Waals surface area contributed by atoms with Crippen LogP contribution >= 0.6 is 0 Å². The fourth-order valence-corrected chi connectivity index (χ4v) is 0.694. The van der Waals surface area contributed by atoms with E-state index in [1.54, 1.807) is 0 Å². The van der Waals surface area contributed by atoms with E-state index in [0.717, 1.165) is 13.2 Å². The zero-order valence-electron chi connectivity index (χ0n) is 8.38. The normalized spacial score (nSPS) is 11.7. The molecule has 2 heteroatoms. The maximum Gasteiger partial charge on any atom is 0.0648 e. The van der Waals surface area contributed by atoms with Crippen molar-refractivity contribution in [3.8, 4) is 0 Å². The Labute approximate surface area is 75.6 Å². The van der Waals surface area contributed by atoms with Crippen molar-refractivity contribution in [1.82, 2.24) is 0 Å². The van der Waals surface area contributed by atoms with Crippen LogP contribution in [-0.4, -0.2) is 26.4 Å². The average Bonchev–Trinajstić information content (AvgIpc) is 2.02. The van der Waals surface area contributed by atoms with Crippen molar-refractivity contribution in [1.29, 1.82) is 0 Å². The van der Waals surface area contributed by atoms with Crippen molar-refractivity contribution in [2.24, 2.45) is 5.92 Å². The van der Waals surface area contributed by atoms with E-state index < -0.39 is 0 Å². The molecule has 0 rings (SSSR count). The van der Waals surface area contributed by atoms with Crippen molar-refractivity contribution in [3.05, 3.63) is 12.2 Å². The minimum atomic E-state index is 0.616. The second-order valence-corrected chi connectivity index (χ2v) is 3.06. The first kappa shape index (κ1) is 11.7. The summed E-state index contributed by atoms with van der Waals surface area (Å²) in [5.74, 6) is 0.616. The van der Waals surface area contributed by atoms with Crippen LogP contribution in [0.15, 0.2) is 12.2 Å². The highest BCUT2D eigenvalue weighted by Crippen LogP contribution is 1.91. The Hall–Kier alpha value is -0.340. The third kappa shape index (κ3) is 9.66. The molecule has 0 bridgehead atoms. The molecule has 0 aromatic heterocycles. The Morgan fingerprint density at radius 1 is 1.08 bits per heavy atom. The van der Waals surface area contributed by atoms with Crippen LogP contribution in [-0.2, 0) is 9.47 Å². The summed E-state index contributed by atoms with van der Waals surface area (Å²) < 4.78 is 10.5. The lowest BCUT2D eigenvalue weighted by molar-refractivity contribution is 0.133. The molecule has 0 saturated heterocycles. The first-order valence-corrected chi connectivity index (χ1v) is 4.57. The highest BCUT2D eigenvalue weighted by molar-refractivity contribution is 4.80. The molecule has 12 heavy (non-hydrogen) atoms. The molecule has 72 valence electrons. The summed E-state index contributed by atoms with van der Waals surface area (Å²) in [6.45, 7) is 9.28. The topological polar surface area (TPSA) is 18.5 Å². The van der Waals surface area contributed by atoms with Crippen molar-refractivity contribution in [2.75, 3.05) is 26.4 Å². The lowest BCUT2D eigenvalue weighted by Gasteiger charge is -2.02. The maximum absolute atomic E-state index is 5.33. The number of ether oxygens (including phenoxy) is 2. The molecule has 2 nitrogen and oxygen atoms in total. The summed E-state index contributed by atoms with van der Waals surface area (Å²) in [6.07, 6.45) is 3.99. The third-order valence-electron chi connectivity index (χ3n) is 1.25. The lowest BCUT2D eigenvalue weighted by Crippen LogP contribution is -2.01. The van der Waals surface area contributed by atoms with Crippen LogP contribution in [0.3, 0.4) is 0 Å². The van der Waals surface area contributed by atoms with Gasteiger partial charge in [-0.15, -0.1) is 0 Å². The zero-order valence-corrected chi connectivity index (χ0v) is 8.38. The Morgan fingerprint density at radius 2 is 1.67 bits per heavy atom. The molecule has 0 N–H and O–H groups in total. The molecule has 0 aromatic carbocycles. The van der Waals surface area contributed by atoms with Crippen molar-refractivity contribution in [2.45, 2.75) is 20.8 Å². The van der Waals surface area contributed by atoms with E-state index in [4.69, 9.17) is 9.47 Å². The molecule has 0 aromatic rings. The smallest absolute Gasteiger partial charge is 0.0648 e. The molecule has 0 fully saturated rings. The van der Waals surface area contributed by atoms with Gasteiger partial charge in [0.1, 0.15) is 0 Å². The number of rotatable bonds is 7. The Morgan fingerprint density at radius 3 is 2.17 bits per heavy atom. The quantitative estimate of drug-likeness (QED) is 0.433. The van der Waals surface area contributed by atoms with E-state index in [2.05, 4.69) is 13.8 Å². The molecule has 0 aliphatic carbocycles. The molecule has 0 aliphatic rings. The van der Waals surface area contributed by atoms with Crippen LogP contribution in [0.25, 0.3) is 0 Å². The fourth-order valence-electron chi connectivity index (χ4n) is 0.694. The van der Waals surface area contributed by atoms with Gasteiger partial charge in [-0.05, 0) is 12.8 Å². The van der Waals surface area contributed by atoms with E-state index in [-0.39, 0.29) is 0 Å². The summed E-state index contributed by atoms with van der Waals surface area (Å²) in [4.78, 5) is 0. The molecule has 0 saturated carbocycles. The highest BCUT2D eigenvalue weighted by atomic mass is 16.5. The van der Waals surface area contributed by atoms with Crippen molar-refractivity contribution >= 4 is 0 Å². The number of hydrogen-bond donors (Lipinski definition) is 0. The summed E-state index contributed by atoms with van der Waals surface area (Å²) in [6, 6.07) is 0. The second kappa shape index (κ2) is 8.75. The monoisotopic (exact) mass is 172 g/mol. The van der Waals surface area contributed by atoms with E-state index in [1.165, 1.54) is 0 Å². The lowest BCUT2D eigenvalue weighted by atomic mass is 10.2. The zero-order chi connectivity index (χ0) is 9.23. The third-order valence-corrected chi connectivity index (χ3v) is 1.25. The van der Waals surface area contributed by atoms with Crippen LogP contribution in [0.4, 0.5) is 0 Å². The summed E-state index contributed by atoms with van der Waals surface area (Å²) in [5, 5.41) is 0. The second-order valence-electron chi connectivity index (χ2n) is 3.06. The first-order chi connectivity index (χ1) is 5.77. The standard InChI is InChI=1S/C10H20O2/c1-4-11-7-5-6-8-12-9-10(2)3/h5-6,10H,4,7-9H2,1-3H3/b6-5+. The average molecular weight is 172 g/mol. The predicted octanol–water partition coefficient (Wildman–Crippen LogP) is 2.25. The Kier molecular flexibility index (Phi) is 8.51. The Bertz CT molecular complexity index is 108. The van der Waals surface area contributed by atoms with Crippen molar-refractivity contribution < 1.29 is 9.47 Å². The van der Waals surface area contributed by atoms with Gasteiger partial charge < -0.3 is 9.47 Å². The van der Waals surface area contributed by atoms with Crippen LogP contribution in [0, 0.1) is 5.92 Å². The van der Waals surface area contributed by atoms with Gasteiger partial charge in [-0.25, -0.2) is 0 Å². The number of hydrogen-bond acceptors (Lipinski definition) is 2. The molecule has 0 spiro atoms. The summed E-state index contributed by atoms with van der Waals surface area (Å²) in [5.41, 5.74) is 0. The van der Waals surface area contributed by atoms with Gasteiger partial charge >= 0.3 is 0 Å². The van der Waals surface area contributed by atoms with Crippen LogP contribution in [0.5, 0.6) is 0 Å². The molecule has 0 unspecified atom stereocenters. The van der Waals surface area contributed by atoms with Crippen molar-refractivity contribution in [3.63, 3.8) is 0 Å².